The number of nitrogens with zero attached hydrogens (tertiary/aromatic N) is 1. The summed E-state index contributed by atoms with van der Waals surface area (Å²) in [5, 5.41) is 10.5. The summed E-state index contributed by atoms with van der Waals surface area (Å²) in [6.07, 6.45) is 7.87. The zero-order valence-electron chi connectivity index (χ0n) is 18.2. The van der Waals surface area contributed by atoms with E-state index in [2.05, 4.69) is 23.8 Å². The Hall–Kier alpha value is -1.79. The van der Waals surface area contributed by atoms with Crippen molar-refractivity contribution in [2.24, 2.45) is 5.92 Å². The van der Waals surface area contributed by atoms with Crippen LogP contribution in [0.2, 0.25) is 0 Å². The molecule has 1 N–H and O–H groups in total. The molecular weight excluding hydrogens is 398 g/mol. The largest absolute Gasteiger partial charge is 0.469 e. The number of thioether (sulfide) groups is 1. The molecule has 2 rings (SSSR count). The van der Waals surface area contributed by atoms with Gasteiger partial charge in [0.2, 0.25) is 5.91 Å². The van der Waals surface area contributed by atoms with E-state index in [4.69, 9.17) is 0 Å². The molecule has 1 aliphatic heterocycles. The number of likely N-dealkylation sites (tertiary alicyclic amines) is 1. The molecule has 5 nitrogen and oxygen atoms in total. The Morgan fingerprint density at radius 2 is 2.10 bits per heavy atom. The predicted octanol–water partition coefficient (Wildman–Crippen LogP) is 3.85. The molecule has 1 amide bonds. The second-order valence-electron chi connectivity index (χ2n) is 7.86. The Bertz CT molecular complexity index is 679. The maximum Gasteiger partial charge on any atom is 0.305 e. The van der Waals surface area contributed by atoms with Crippen LogP contribution in [-0.4, -0.2) is 59.2 Å². The van der Waals surface area contributed by atoms with E-state index >= 15 is 0 Å². The summed E-state index contributed by atoms with van der Waals surface area (Å²) >= 11 is 1.76. The summed E-state index contributed by atoms with van der Waals surface area (Å²) in [5.41, 5.74) is 1.29. The van der Waals surface area contributed by atoms with E-state index in [1.54, 1.807) is 11.8 Å². The minimum absolute atomic E-state index is 0.0733. The molecule has 1 heterocycles. The zero-order chi connectivity index (χ0) is 21.8. The van der Waals surface area contributed by atoms with Crippen LogP contribution in [0.5, 0.6) is 0 Å². The van der Waals surface area contributed by atoms with Crippen LogP contribution >= 0.6 is 11.8 Å². The molecule has 1 fully saturated rings. The van der Waals surface area contributed by atoms with Crippen molar-refractivity contribution >= 4 is 23.6 Å². The molecule has 0 radical (unpaired) electrons. The SMILES string of the molecule is COC(=O)CCCSCCN1C(=O)CC[C@@H]1C=C[C@@H](O)[C@@H](C)CCc1ccccc1. The summed E-state index contributed by atoms with van der Waals surface area (Å²) < 4.78 is 4.64. The smallest absolute Gasteiger partial charge is 0.305 e. The molecule has 6 heteroatoms. The predicted molar refractivity (Wildman–Crippen MR) is 122 cm³/mol. The van der Waals surface area contributed by atoms with Crippen LogP contribution in [0.25, 0.3) is 0 Å². The third kappa shape index (κ3) is 8.52. The highest BCUT2D eigenvalue weighted by Gasteiger charge is 2.28. The van der Waals surface area contributed by atoms with Gasteiger partial charge in [-0.1, -0.05) is 49.4 Å². The zero-order valence-corrected chi connectivity index (χ0v) is 19.0. The summed E-state index contributed by atoms with van der Waals surface area (Å²) in [7, 11) is 1.41. The highest BCUT2D eigenvalue weighted by atomic mass is 32.2. The number of rotatable bonds is 13. The topological polar surface area (TPSA) is 66.8 Å². The van der Waals surface area contributed by atoms with Gasteiger partial charge in [0.15, 0.2) is 0 Å². The summed E-state index contributed by atoms with van der Waals surface area (Å²) in [5.74, 6) is 1.92. The molecule has 3 atom stereocenters. The van der Waals surface area contributed by atoms with Crippen LogP contribution in [0.3, 0.4) is 0 Å². The average Bonchev–Trinajstić information content (AvgIpc) is 3.12. The van der Waals surface area contributed by atoms with E-state index in [9.17, 15) is 14.7 Å². The molecule has 1 aliphatic rings. The standard InChI is InChI=1S/C24H35NO4S/c1-19(10-11-20-7-4-3-5-8-20)22(26)14-12-21-13-15-23(27)25(21)16-18-30-17-6-9-24(28)29-2/h3-5,7-8,12,14,19,21-22,26H,6,9-11,13,15-18H2,1-2H3/t19-,21-,22+/m0/s1. The molecule has 30 heavy (non-hydrogen) atoms. The molecule has 0 aliphatic carbocycles. The lowest BCUT2D eigenvalue weighted by molar-refractivity contribution is -0.140. The van der Waals surface area contributed by atoms with Crippen LogP contribution in [0.4, 0.5) is 0 Å². The molecule has 1 aromatic carbocycles. The second kappa shape index (κ2) is 13.5. The Morgan fingerprint density at radius 1 is 1.33 bits per heavy atom. The number of carbonyl (C=O) groups excluding carboxylic acids is 2. The third-order valence-corrected chi connectivity index (χ3v) is 6.64. The van der Waals surface area contributed by atoms with Crippen LogP contribution in [0, 0.1) is 5.92 Å². The fraction of sp³-hybridized carbons (Fsp3) is 0.583. The number of amides is 1. The molecule has 0 spiro atoms. The first-order valence-electron chi connectivity index (χ1n) is 10.9. The van der Waals surface area contributed by atoms with E-state index in [1.165, 1.54) is 12.7 Å². The van der Waals surface area contributed by atoms with E-state index in [-0.39, 0.29) is 23.8 Å². The third-order valence-electron chi connectivity index (χ3n) is 5.59. The van der Waals surface area contributed by atoms with Crippen molar-refractivity contribution in [2.45, 2.75) is 57.6 Å². The Balaban J connectivity index is 1.71. The normalized spacial score (nSPS) is 18.7. The second-order valence-corrected chi connectivity index (χ2v) is 9.09. The molecule has 0 saturated carbocycles. The average molecular weight is 434 g/mol. The van der Waals surface area contributed by atoms with Crippen molar-refractivity contribution in [1.82, 2.24) is 4.90 Å². The lowest BCUT2D eigenvalue weighted by atomic mass is 9.95. The Labute approximate surface area is 184 Å². The van der Waals surface area contributed by atoms with Gasteiger partial charge < -0.3 is 14.7 Å². The molecule has 166 valence electrons. The van der Waals surface area contributed by atoms with Crippen molar-refractivity contribution in [1.29, 1.82) is 0 Å². The van der Waals surface area contributed by atoms with Gasteiger partial charge in [-0.2, -0.15) is 11.8 Å². The van der Waals surface area contributed by atoms with Crippen LogP contribution in [0.1, 0.15) is 44.6 Å². The first-order valence-corrected chi connectivity index (χ1v) is 12.0. The molecule has 0 unspecified atom stereocenters. The molecule has 1 aromatic rings. The van der Waals surface area contributed by atoms with Crippen molar-refractivity contribution < 1.29 is 19.4 Å². The molecule has 0 aromatic heterocycles. The maximum absolute atomic E-state index is 12.2. The quantitative estimate of drug-likeness (QED) is 0.291. The number of hydrogen-bond donors (Lipinski definition) is 1. The number of carbonyl (C=O) groups is 2. The number of aliphatic hydroxyl groups excluding tert-OH is 1. The fourth-order valence-electron chi connectivity index (χ4n) is 3.57. The Morgan fingerprint density at radius 3 is 2.83 bits per heavy atom. The summed E-state index contributed by atoms with van der Waals surface area (Å²) in [6, 6.07) is 10.4. The van der Waals surface area contributed by atoms with Gasteiger partial charge in [-0.15, -0.1) is 0 Å². The van der Waals surface area contributed by atoms with Crippen molar-refractivity contribution in [3.05, 3.63) is 48.0 Å². The van der Waals surface area contributed by atoms with Crippen molar-refractivity contribution in [2.75, 3.05) is 25.2 Å². The minimum atomic E-state index is -0.501. The number of aliphatic hydroxyl groups is 1. The van der Waals surface area contributed by atoms with Crippen LogP contribution < -0.4 is 0 Å². The van der Waals surface area contributed by atoms with E-state index in [0.717, 1.165) is 37.2 Å². The number of aryl methyl sites for hydroxylation is 1. The summed E-state index contributed by atoms with van der Waals surface area (Å²) in [4.78, 5) is 25.3. The van der Waals surface area contributed by atoms with E-state index in [1.807, 2.05) is 35.3 Å². The number of ether oxygens (including phenoxy) is 1. The summed E-state index contributed by atoms with van der Waals surface area (Å²) in [6.45, 7) is 2.77. The fourth-order valence-corrected chi connectivity index (χ4v) is 4.45. The lowest BCUT2D eigenvalue weighted by Gasteiger charge is -2.23. The van der Waals surface area contributed by atoms with Crippen molar-refractivity contribution in [3.63, 3.8) is 0 Å². The van der Waals surface area contributed by atoms with Gasteiger partial charge in [0.05, 0.1) is 19.3 Å². The number of methoxy groups -OCH3 is 1. The number of esters is 1. The van der Waals surface area contributed by atoms with Gasteiger partial charge in [-0.25, -0.2) is 0 Å². The van der Waals surface area contributed by atoms with Gasteiger partial charge >= 0.3 is 5.97 Å². The monoisotopic (exact) mass is 433 g/mol. The van der Waals surface area contributed by atoms with Crippen LogP contribution in [0.15, 0.2) is 42.5 Å². The maximum atomic E-state index is 12.2. The molecule has 1 saturated heterocycles. The first kappa shape index (κ1) is 24.5. The molecule has 0 bridgehead atoms. The van der Waals surface area contributed by atoms with Gasteiger partial charge in [-0.3, -0.25) is 9.59 Å². The van der Waals surface area contributed by atoms with E-state index in [0.29, 0.717) is 19.4 Å². The van der Waals surface area contributed by atoms with E-state index < -0.39 is 6.10 Å². The number of benzene rings is 1. The molecular formula is C24H35NO4S. The van der Waals surface area contributed by atoms with Gasteiger partial charge in [0.1, 0.15) is 0 Å². The highest BCUT2D eigenvalue weighted by molar-refractivity contribution is 7.99. The van der Waals surface area contributed by atoms with Crippen molar-refractivity contribution in [3.8, 4) is 0 Å². The first-order chi connectivity index (χ1) is 14.5. The van der Waals surface area contributed by atoms with Gasteiger partial charge in [0.25, 0.3) is 0 Å². The Kier molecular flexibility index (Phi) is 11.0. The van der Waals surface area contributed by atoms with Gasteiger partial charge in [0, 0.05) is 25.1 Å². The highest BCUT2D eigenvalue weighted by Crippen LogP contribution is 2.22. The van der Waals surface area contributed by atoms with Crippen LogP contribution in [-0.2, 0) is 20.7 Å². The van der Waals surface area contributed by atoms with Gasteiger partial charge in [-0.05, 0) is 42.9 Å². The number of hydrogen-bond acceptors (Lipinski definition) is 5. The lowest BCUT2D eigenvalue weighted by Crippen LogP contribution is -2.34. The minimum Gasteiger partial charge on any atom is -0.469 e.